The number of aromatic amines is 1. The summed E-state index contributed by atoms with van der Waals surface area (Å²) in [4.78, 5) is 4.02. The van der Waals surface area contributed by atoms with Gasteiger partial charge in [0.2, 0.25) is 0 Å². The Bertz CT molecular complexity index is 734. The summed E-state index contributed by atoms with van der Waals surface area (Å²) in [5.41, 5.74) is 1.86. The summed E-state index contributed by atoms with van der Waals surface area (Å²) in [7, 11) is 0. The van der Waals surface area contributed by atoms with Gasteiger partial charge in [0, 0.05) is 41.9 Å². The average Bonchev–Trinajstić information content (AvgIpc) is 3.03. The second-order valence-electron chi connectivity index (χ2n) is 7.91. The summed E-state index contributed by atoms with van der Waals surface area (Å²) in [6, 6.07) is 5.74. The van der Waals surface area contributed by atoms with Crippen molar-refractivity contribution in [3.8, 4) is 11.3 Å². The van der Waals surface area contributed by atoms with Gasteiger partial charge in [-0.05, 0) is 45.9 Å². The van der Waals surface area contributed by atoms with Crippen molar-refractivity contribution in [1.82, 2.24) is 20.2 Å². The molecule has 0 atom stereocenters. The first-order valence-corrected chi connectivity index (χ1v) is 8.50. The van der Waals surface area contributed by atoms with E-state index in [2.05, 4.69) is 21.8 Å². The third-order valence-corrected chi connectivity index (χ3v) is 4.76. The van der Waals surface area contributed by atoms with Crippen LogP contribution in [0.15, 0.2) is 37.2 Å². The van der Waals surface area contributed by atoms with Crippen molar-refractivity contribution in [3.63, 3.8) is 0 Å². The molecule has 0 aliphatic carbocycles. The maximum Gasteiger partial charge on any atom is 0.137 e. The minimum absolute atomic E-state index is 0.0198. The van der Waals surface area contributed by atoms with Crippen LogP contribution in [0.1, 0.15) is 46.2 Å². The molecule has 0 saturated carbocycles. The molecule has 1 aliphatic heterocycles. The Morgan fingerprint density at radius 1 is 1.24 bits per heavy atom. The third kappa shape index (κ3) is 3.60. The molecule has 1 aliphatic rings. The highest BCUT2D eigenvalue weighted by atomic mass is 16.5. The van der Waals surface area contributed by atoms with Crippen molar-refractivity contribution in [1.29, 1.82) is 0 Å². The molecule has 0 unspecified atom stereocenters. The molecule has 0 bridgehead atoms. The Labute approximate surface area is 148 Å². The molecule has 0 aromatic carbocycles. The van der Waals surface area contributed by atoms with Gasteiger partial charge in [-0.3, -0.25) is 10.1 Å². The fraction of sp³-hybridized carbons (Fsp3) is 0.474. The van der Waals surface area contributed by atoms with Gasteiger partial charge in [0.25, 0.3) is 0 Å². The van der Waals surface area contributed by atoms with Crippen LogP contribution in [0, 0.1) is 0 Å². The predicted octanol–water partition coefficient (Wildman–Crippen LogP) is 3.87. The zero-order valence-corrected chi connectivity index (χ0v) is 15.3. The molecular weight excluding hydrogens is 316 g/mol. The predicted molar refractivity (Wildman–Crippen MR) is 96.7 cm³/mol. The highest BCUT2D eigenvalue weighted by Gasteiger charge is 2.46. The standard InChI is InChI=1S/C19H26N4O2/c1-13(16-10-17(22-21-16)14-6-8-20-9-7-14)25-15-11-18(2,3)23(24)19(4,5)12-15/h6-10,15,24H,1,11-12H2,2-5H3,(H,21,22). The van der Waals surface area contributed by atoms with E-state index in [1.807, 2.05) is 45.9 Å². The van der Waals surface area contributed by atoms with Crippen LogP contribution >= 0.6 is 0 Å². The number of rotatable bonds is 4. The Balaban J connectivity index is 1.72. The first kappa shape index (κ1) is 17.6. The average molecular weight is 342 g/mol. The highest BCUT2D eigenvalue weighted by Crippen LogP contribution is 2.39. The van der Waals surface area contributed by atoms with Crippen molar-refractivity contribution in [3.05, 3.63) is 42.9 Å². The first-order chi connectivity index (χ1) is 11.7. The molecule has 1 saturated heterocycles. The van der Waals surface area contributed by atoms with Gasteiger partial charge in [-0.1, -0.05) is 6.58 Å². The largest absolute Gasteiger partial charge is 0.489 e. The molecule has 134 valence electrons. The minimum atomic E-state index is -0.358. The number of H-pyrrole nitrogens is 1. The van der Waals surface area contributed by atoms with E-state index in [0.29, 0.717) is 5.76 Å². The zero-order chi connectivity index (χ0) is 18.2. The minimum Gasteiger partial charge on any atom is -0.489 e. The molecule has 0 radical (unpaired) electrons. The Hall–Kier alpha value is -2.18. The van der Waals surface area contributed by atoms with E-state index in [-0.39, 0.29) is 17.2 Å². The Morgan fingerprint density at radius 3 is 2.44 bits per heavy atom. The molecule has 2 aromatic heterocycles. The summed E-state index contributed by atoms with van der Waals surface area (Å²) >= 11 is 0. The SMILES string of the molecule is C=C(OC1CC(C)(C)N(O)C(C)(C)C1)c1cc(-c2ccncc2)n[nH]1. The third-order valence-electron chi connectivity index (χ3n) is 4.76. The molecule has 2 aromatic rings. The molecule has 2 N–H and O–H groups in total. The number of hydrogen-bond acceptors (Lipinski definition) is 5. The number of aromatic nitrogens is 3. The van der Waals surface area contributed by atoms with Crippen molar-refractivity contribution in [2.75, 3.05) is 0 Å². The van der Waals surface area contributed by atoms with Crippen LogP contribution < -0.4 is 0 Å². The van der Waals surface area contributed by atoms with Gasteiger partial charge in [-0.2, -0.15) is 10.2 Å². The lowest BCUT2D eigenvalue weighted by molar-refractivity contribution is -0.256. The summed E-state index contributed by atoms with van der Waals surface area (Å²) in [5.74, 6) is 0.566. The smallest absolute Gasteiger partial charge is 0.137 e. The normalized spacial score (nSPS) is 20.4. The van der Waals surface area contributed by atoms with Crippen molar-refractivity contribution < 1.29 is 9.94 Å². The molecule has 6 heteroatoms. The summed E-state index contributed by atoms with van der Waals surface area (Å²) in [6.07, 6.45) is 4.90. The van der Waals surface area contributed by atoms with Crippen LogP contribution in [-0.4, -0.2) is 42.6 Å². The van der Waals surface area contributed by atoms with Crippen molar-refractivity contribution >= 4 is 5.76 Å². The Morgan fingerprint density at radius 2 is 1.84 bits per heavy atom. The molecule has 3 rings (SSSR count). The zero-order valence-electron chi connectivity index (χ0n) is 15.3. The van der Waals surface area contributed by atoms with Crippen LogP contribution in [0.3, 0.4) is 0 Å². The number of nitrogens with one attached hydrogen (secondary N) is 1. The Kier molecular flexibility index (Phi) is 4.43. The monoisotopic (exact) mass is 342 g/mol. The maximum atomic E-state index is 10.4. The van der Waals surface area contributed by atoms with E-state index in [1.165, 1.54) is 5.06 Å². The number of pyridine rings is 1. The maximum absolute atomic E-state index is 10.4. The second kappa shape index (κ2) is 6.28. The van der Waals surface area contributed by atoms with Crippen LogP contribution in [0.2, 0.25) is 0 Å². The van der Waals surface area contributed by atoms with Crippen molar-refractivity contribution in [2.45, 2.75) is 57.7 Å². The summed E-state index contributed by atoms with van der Waals surface area (Å²) < 4.78 is 6.13. The molecular formula is C19H26N4O2. The molecule has 1 fully saturated rings. The van der Waals surface area contributed by atoms with Crippen LogP contribution in [0.4, 0.5) is 0 Å². The van der Waals surface area contributed by atoms with E-state index in [0.717, 1.165) is 29.8 Å². The van der Waals surface area contributed by atoms with Crippen LogP contribution in [0.25, 0.3) is 17.0 Å². The van der Waals surface area contributed by atoms with E-state index in [4.69, 9.17) is 4.74 Å². The topological polar surface area (TPSA) is 74.3 Å². The van der Waals surface area contributed by atoms with Gasteiger partial charge in [0.15, 0.2) is 0 Å². The van der Waals surface area contributed by atoms with Gasteiger partial charge < -0.3 is 9.94 Å². The highest BCUT2D eigenvalue weighted by molar-refractivity contribution is 5.64. The van der Waals surface area contributed by atoms with Gasteiger partial charge in [-0.15, -0.1) is 0 Å². The quantitative estimate of drug-likeness (QED) is 0.825. The summed E-state index contributed by atoms with van der Waals surface area (Å²) in [5, 5.41) is 19.2. The van der Waals surface area contributed by atoms with Gasteiger partial charge >= 0.3 is 0 Å². The fourth-order valence-corrected chi connectivity index (χ4v) is 3.66. The van der Waals surface area contributed by atoms with Gasteiger partial charge in [0.1, 0.15) is 11.9 Å². The lowest BCUT2D eigenvalue weighted by Gasteiger charge is -2.51. The van der Waals surface area contributed by atoms with Crippen LogP contribution in [0.5, 0.6) is 0 Å². The van der Waals surface area contributed by atoms with E-state index in [1.54, 1.807) is 12.4 Å². The number of nitrogens with zero attached hydrogens (tertiary/aromatic N) is 3. The van der Waals surface area contributed by atoms with Crippen LogP contribution in [-0.2, 0) is 4.74 Å². The van der Waals surface area contributed by atoms with E-state index < -0.39 is 0 Å². The lowest BCUT2D eigenvalue weighted by Crippen LogP contribution is -2.60. The summed E-state index contributed by atoms with van der Waals surface area (Å²) in [6.45, 7) is 12.1. The molecule has 3 heterocycles. The van der Waals surface area contributed by atoms with E-state index >= 15 is 0 Å². The molecule has 0 amide bonds. The number of hydroxylamine groups is 2. The number of hydrogen-bond donors (Lipinski definition) is 2. The second-order valence-corrected chi connectivity index (χ2v) is 7.91. The van der Waals surface area contributed by atoms with Gasteiger partial charge in [0.05, 0.1) is 11.4 Å². The first-order valence-electron chi connectivity index (χ1n) is 8.50. The fourth-order valence-electron chi connectivity index (χ4n) is 3.66. The molecule has 0 spiro atoms. The van der Waals surface area contributed by atoms with Gasteiger partial charge in [-0.25, -0.2) is 0 Å². The lowest BCUT2D eigenvalue weighted by atomic mass is 9.80. The van der Waals surface area contributed by atoms with Crippen molar-refractivity contribution in [2.24, 2.45) is 0 Å². The number of piperidine rings is 1. The molecule has 25 heavy (non-hydrogen) atoms. The number of ether oxygens (including phenoxy) is 1. The van der Waals surface area contributed by atoms with E-state index in [9.17, 15) is 5.21 Å². The molecule has 6 nitrogen and oxygen atoms in total.